The van der Waals surface area contributed by atoms with Crippen molar-refractivity contribution in [3.63, 3.8) is 0 Å². The van der Waals surface area contributed by atoms with Gasteiger partial charge in [-0.3, -0.25) is 9.36 Å². The Morgan fingerprint density at radius 2 is 1.95 bits per heavy atom. The summed E-state index contributed by atoms with van der Waals surface area (Å²) in [5, 5.41) is 10.3. The lowest BCUT2D eigenvalue weighted by atomic mass is 10.3. The molecule has 100 valence electrons. The molecule has 2 rings (SSSR count). The van der Waals surface area contributed by atoms with Crippen LogP contribution in [0.3, 0.4) is 0 Å². The molecule has 0 bridgehead atoms. The number of carbonyl (C=O) groups is 1. The first-order valence-electron chi connectivity index (χ1n) is 5.02. The number of rotatable bonds is 4. The van der Waals surface area contributed by atoms with E-state index in [9.17, 15) is 4.79 Å². The van der Waals surface area contributed by atoms with Crippen molar-refractivity contribution in [3.8, 4) is 5.69 Å². The van der Waals surface area contributed by atoms with E-state index in [1.165, 1.54) is 6.07 Å². The molecule has 0 aliphatic heterocycles. The monoisotopic (exact) mass is 336 g/mol. The average molecular weight is 338 g/mol. The van der Waals surface area contributed by atoms with Gasteiger partial charge in [0, 0.05) is 12.4 Å². The van der Waals surface area contributed by atoms with Gasteiger partial charge in [-0.05, 0) is 12.1 Å². The van der Waals surface area contributed by atoms with Crippen molar-refractivity contribution >= 4 is 52.5 Å². The molecule has 1 N–H and O–H groups in total. The molecular formula is C11H7Cl3N2O2S. The fourth-order valence-electron chi connectivity index (χ4n) is 1.40. The topological polar surface area (TPSA) is 55.1 Å². The van der Waals surface area contributed by atoms with Crippen molar-refractivity contribution in [2.75, 3.05) is 5.75 Å². The zero-order valence-corrected chi connectivity index (χ0v) is 12.4. The maximum atomic E-state index is 10.6. The molecule has 0 amide bonds. The Morgan fingerprint density at radius 3 is 2.63 bits per heavy atom. The van der Waals surface area contributed by atoms with Crippen LogP contribution in [0.4, 0.5) is 0 Å². The van der Waals surface area contributed by atoms with Crippen molar-refractivity contribution in [2.45, 2.75) is 5.16 Å². The minimum atomic E-state index is -0.917. The van der Waals surface area contributed by atoms with Gasteiger partial charge in [0.05, 0.1) is 26.5 Å². The van der Waals surface area contributed by atoms with Gasteiger partial charge in [0.1, 0.15) is 0 Å². The molecule has 1 aromatic heterocycles. The van der Waals surface area contributed by atoms with Crippen LogP contribution in [0.25, 0.3) is 5.69 Å². The number of benzene rings is 1. The van der Waals surface area contributed by atoms with Crippen LogP contribution in [-0.4, -0.2) is 26.4 Å². The first kappa shape index (κ1) is 14.5. The van der Waals surface area contributed by atoms with E-state index in [0.717, 1.165) is 11.8 Å². The second-order valence-corrected chi connectivity index (χ2v) is 5.64. The zero-order valence-electron chi connectivity index (χ0n) is 9.31. The number of carboxylic acid groups (broad SMARTS) is 1. The molecule has 2 aromatic rings. The highest BCUT2D eigenvalue weighted by Crippen LogP contribution is 2.33. The minimum absolute atomic E-state index is 0.0873. The smallest absolute Gasteiger partial charge is 0.313 e. The van der Waals surface area contributed by atoms with Gasteiger partial charge in [-0.2, -0.15) is 0 Å². The van der Waals surface area contributed by atoms with Crippen LogP contribution < -0.4 is 0 Å². The van der Waals surface area contributed by atoms with E-state index in [2.05, 4.69) is 4.98 Å². The van der Waals surface area contributed by atoms with E-state index in [1.54, 1.807) is 23.0 Å². The summed E-state index contributed by atoms with van der Waals surface area (Å²) >= 11 is 19.0. The number of carboxylic acids is 1. The van der Waals surface area contributed by atoms with E-state index in [1.807, 2.05) is 0 Å². The van der Waals surface area contributed by atoms with Gasteiger partial charge in [-0.25, -0.2) is 4.98 Å². The number of halogens is 3. The van der Waals surface area contributed by atoms with E-state index < -0.39 is 5.97 Å². The summed E-state index contributed by atoms with van der Waals surface area (Å²) in [5.74, 6) is -1.00. The quantitative estimate of drug-likeness (QED) is 0.676. The summed E-state index contributed by atoms with van der Waals surface area (Å²) in [7, 11) is 0. The summed E-state index contributed by atoms with van der Waals surface area (Å²) < 4.78 is 1.66. The van der Waals surface area contributed by atoms with Gasteiger partial charge in [0.15, 0.2) is 5.16 Å². The van der Waals surface area contributed by atoms with E-state index >= 15 is 0 Å². The normalized spacial score (nSPS) is 10.7. The highest BCUT2D eigenvalue weighted by atomic mass is 35.5. The summed E-state index contributed by atoms with van der Waals surface area (Å²) in [6, 6.07) is 3.14. The largest absolute Gasteiger partial charge is 0.481 e. The Bertz CT molecular complexity index is 630. The molecule has 0 aliphatic carbocycles. The Labute approximate surface area is 128 Å². The standard InChI is InChI=1S/C11H7Cl3N2O2S/c12-6-3-8(14)9(4-7(6)13)16-2-1-15-11(16)19-5-10(17)18/h1-4H,5H2,(H,17,18). The van der Waals surface area contributed by atoms with E-state index in [0.29, 0.717) is 25.9 Å². The Morgan fingerprint density at radius 1 is 1.26 bits per heavy atom. The van der Waals surface area contributed by atoms with Gasteiger partial charge in [0.2, 0.25) is 0 Å². The molecule has 0 unspecified atom stereocenters. The van der Waals surface area contributed by atoms with Crippen LogP contribution in [0.5, 0.6) is 0 Å². The summed E-state index contributed by atoms with van der Waals surface area (Å²) in [5.41, 5.74) is 0.599. The average Bonchev–Trinajstić information content (AvgIpc) is 2.79. The fourth-order valence-corrected chi connectivity index (χ4v) is 2.72. The van der Waals surface area contributed by atoms with Crippen LogP contribution in [-0.2, 0) is 4.79 Å². The molecule has 0 atom stereocenters. The molecule has 0 spiro atoms. The number of aromatic nitrogens is 2. The van der Waals surface area contributed by atoms with Crippen molar-refractivity contribution in [2.24, 2.45) is 0 Å². The lowest BCUT2D eigenvalue weighted by molar-refractivity contribution is -0.133. The fraction of sp³-hybridized carbons (Fsp3) is 0.0909. The third kappa shape index (κ3) is 3.36. The van der Waals surface area contributed by atoms with Gasteiger partial charge < -0.3 is 5.11 Å². The highest BCUT2D eigenvalue weighted by Gasteiger charge is 2.12. The van der Waals surface area contributed by atoms with Crippen molar-refractivity contribution in [3.05, 3.63) is 39.6 Å². The first-order chi connectivity index (χ1) is 8.99. The number of hydrogen-bond acceptors (Lipinski definition) is 3. The van der Waals surface area contributed by atoms with Gasteiger partial charge in [-0.15, -0.1) is 0 Å². The van der Waals surface area contributed by atoms with E-state index in [-0.39, 0.29) is 5.75 Å². The Hall–Kier alpha value is -0.880. The Kier molecular flexibility index (Phi) is 4.62. The van der Waals surface area contributed by atoms with Crippen LogP contribution >= 0.6 is 46.6 Å². The van der Waals surface area contributed by atoms with Gasteiger partial charge >= 0.3 is 5.97 Å². The molecule has 1 heterocycles. The molecule has 1 aromatic carbocycles. The molecule has 19 heavy (non-hydrogen) atoms. The Balaban J connectivity index is 2.40. The number of nitrogens with zero attached hydrogens (tertiary/aromatic N) is 2. The molecule has 8 heteroatoms. The molecule has 4 nitrogen and oxygen atoms in total. The SMILES string of the molecule is O=C(O)CSc1nccn1-c1cc(Cl)c(Cl)cc1Cl. The number of hydrogen-bond donors (Lipinski definition) is 1. The van der Waals surface area contributed by atoms with Gasteiger partial charge in [0.25, 0.3) is 0 Å². The third-order valence-electron chi connectivity index (χ3n) is 2.18. The van der Waals surface area contributed by atoms with Crippen LogP contribution in [0, 0.1) is 0 Å². The van der Waals surface area contributed by atoms with Crippen molar-refractivity contribution in [1.82, 2.24) is 9.55 Å². The summed E-state index contributed by atoms with van der Waals surface area (Å²) in [4.78, 5) is 14.7. The summed E-state index contributed by atoms with van der Waals surface area (Å²) in [6.45, 7) is 0. The lowest BCUT2D eigenvalue weighted by Gasteiger charge is -2.10. The first-order valence-corrected chi connectivity index (χ1v) is 7.14. The van der Waals surface area contributed by atoms with Crippen LogP contribution in [0.2, 0.25) is 15.1 Å². The molecule has 0 fully saturated rings. The number of imidazole rings is 1. The third-order valence-corrected chi connectivity index (χ3v) is 4.16. The van der Waals surface area contributed by atoms with Crippen LogP contribution in [0.15, 0.2) is 29.7 Å². The van der Waals surface area contributed by atoms with Gasteiger partial charge in [-0.1, -0.05) is 46.6 Å². The minimum Gasteiger partial charge on any atom is -0.481 e. The second-order valence-electron chi connectivity index (χ2n) is 3.48. The molecule has 0 aliphatic rings. The predicted octanol–water partition coefficient (Wildman–Crippen LogP) is 4.01. The maximum Gasteiger partial charge on any atom is 0.313 e. The molecule has 0 radical (unpaired) electrons. The lowest BCUT2D eigenvalue weighted by Crippen LogP contribution is -2.01. The summed E-state index contributed by atoms with van der Waals surface area (Å²) in [6.07, 6.45) is 3.23. The van der Waals surface area contributed by atoms with Crippen LogP contribution in [0.1, 0.15) is 0 Å². The molecule has 0 saturated heterocycles. The molecule has 0 saturated carbocycles. The van der Waals surface area contributed by atoms with Crippen molar-refractivity contribution in [1.29, 1.82) is 0 Å². The second kappa shape index (κ2) is 6.05. The maximum absolute atomic E-state index is 10.6. The zero-order chi connectivity index (χ0) is 14.0. The predicted molar refractivity (Wildman–Crippen MR) is 77.0 cm³/mol. The number of aliphatic carboxylic acids is 1. The molecular weight excluding hydrogens is 331 g/mol. The van der Waals surface area contributed by atoms with Crippen molar-refractivity contribution < 1.29 is 9.90 Å². The highest BCUT2D eigenvalue weighted by molar-refractivity contribution is 7.99. The van der Waals surface area contributed by atoms with E-state index in [4.69, 9.17) is 39.9 Å². The number of thioether (sulfide) groups is 1.